The molecule has 7 heteroatoms. The Balaban J connectivity index is 1.37. The second kappa shape index (κ2) is 6.53. The van der Waals surface area contributed by atoms with Crippen molar-refractivity contribution in [1.29, 1.82) is 5.26 Å². The van der Waals surface area contributed by atoms with Gasteiger partial charge >= 0.3 is 0 Å². The number of hydrogen-bond donors (Lipinski definition) is 0. The standard InChI is InChI=1S/C22H22N4O3/c1-14-10-25(18-5-4-15(9-23)20-17(18)3-2-6-24-20)11-19(29-14)21(28)26-12-22(13-26)7-16(27)8-22/h2-6,14,19H,7-8,10-13H2,1H3/t14-,19-/m1/s1. The van der Waals surface area contributed by atoms with Gasteiger partial charge in [0.25, 0.3) is 5.91 Å². The van der Waals surface area contributed by atoms with Crippen molar-refractivity contribution in [2.45, 2.75) is 32.0 Å². The summed E-state index contributed by atoms with van der Waals surface area (Å²) in [5.74, 6) is 0.301. The fourth-order valence-corrected chi connectivity index (χ4v) is 4.94. The van der Waals surface area contributed by atoms with Gasteiger partial charge in [-0.25, -0.2) is 0 Å². The van der Waals surface area contributed by atoms with Crippen molar-refractivity contribution < 1.29 is 14.3 Å². The number of Topliss-reactive ketones (excluding diaryl/α,β-unsaturated/α-hetero) is 1. The van der Waals surface area contributed by atoms with Crippen molar-refractivity contribution in [2.75, 3.05) is 31.1 Å². The molecule has 5 rings (SSSR count). The summed E-state index contributed by atoms with van der Waals surface area (Å²) in [6.45, 7) is 4.42. The number of hydrogen-bond acceptors (Lipinski definition) is 6. The minimum atomic E-state index is -0.533. The minimum absolute atomic E-state index is 0.00241. The van der Waals surface area contributed by atoms with Gasteiger partial charge in [0.2, 0.25) is 0 Å². The van der Waals surface area contributed by atoms with Gasteiger partial charge in [0.1, 0.15) is 11.9 Å². The number of rotatable bonds is 2. The Kier molecular flexibility index (Phi) is 4.07. The average molecular weight is 390 g/mol. The van der Waals surface area contributed by atoms with Gasteiger partial charge < -0.3 is 14.5 Å². The molecular weight excluding hydrogens is 368 g/mol. The molecule has 1 aromatic carbocycles. The van der Waals surface area contributed by atoms with Crippen LogP contribution in [0.5, 0.6) is 0 Å². The molecule has 7 nitrogen and oxygen atoms in total. The van der Waals surface area contributed by atoms with Crippen LogP contribution in [0.25, 0.3) is 10.9 Å². The number of benzene rings is 1. The van der Waals surface area contributed by atoms with E-state index in [1.807, 2.05) is 30.0 Å². The lowest BCUT2D eigenvalue weighted by Gasteiger charge is -2.55. The summed E-state index contributed by atoms with van der Waals surface area (Å²) in [6, 6.07) is 9.74. The van der Waals surface area contributed by atoms with Crippen molar-refractivity contribution in [3.8, 4) is 6.07 Å². The highest BCUT2D eigenvalue weighted by atomic mass is 16.5. The molecule has 1 spiro atoms. The summed E-state index contributed by atoms with van der Waals surface area (Å²) in [7, 11) is 0. The van der Waals surface area contributed by atoms with E-state index in [1.54, 1.807) is 12.3 Å². The molecule has 1 aliphatic carbocycles. The molecule has 2 atom stereocenters. The zero-order valence-electron chi connectivity index (χ0n) is 16.3. The minimum Gasteiger partial charge on any atom is -0.365 e. The fourth-order valence-electron chi connectivity index (χ4n) is 4.94. The SMILES string of the molecule is C[C@@H]1CN(c2ccc(C#N)c3ncccc23)C[C@H](C(=O)N2CC3(CC(=O)C3)C2)O1. The number of ketones is 1. The van der Waals surface area contributed by atoms with E-state index < -0.39 is 6.10 Å². The molecule has 2 aliphatic heterocycles. The maximum atomic E-state index is 13.0. The lowest BCUT2D eigenvalue weighted by atomic mass is 9.62. The van der Waals surface area contributed by atoms with Gasteiger partial charge in [-0.15, -0.1) is 0 Å². The van der Waals surface area contributed by atoms with E-state index >= 15 is 0 Å². The first-order valence-corrected chi connectivity index (χ1v) is 9.97. The first kappa shape index (κ1) is 18.1. The predicted molar refractivity (Wildman–Crippen MR) is 106 cm³/mol. The average Bonchev–Trinajstić information content (AvgIpc) is 2.67. The van der Waals surface area contributed by atoms with Crippen LogP contribution in [0.15, 0.2) is 30.5 Å². The van der Waals surface area contributed by atoms with Gasteiger partial charge in [-0.05, 0) is 31.2 Å². The number of anilines is 1. The summed E-state index contributed by atoms with van der Waals surface area (Å²) >= 11 is 0. The molecular formula is C22H22N4O3. The normalized spacial score (nSPS) is 25.4. The third kappa shape index (κ3) is 2.95. The number of likely N-dealkylation sites (tertiary alicyclic amines) is 1. The molecule has 2 aromatic rings. The summed E-state index contributed by atoms with van der Waals surface area (Å²) in [4.78, 5) is 32.7. The lowest BCUT2D eigenvalue weighted by Crippen LogP contribution is -2.67. The highest BCUT2D eigenvalue weighted by Crippen LogP contribution is 2.46. The largest absolute Gasteiger partial charge is 0.365 e. The molecule has 0 unspecified atom stereocenters. The number of nitriles is 1. The van der Waals surface area contributed by atoms with E-state index in [1.165, 1.54) is 0 Å². The molecule has 1 saturated carbocycles. The molecule has 2 saturated heterocycles. The van der Waals surface area contributed by atoms with Crippen LogP contribution in [-0.2, 0) is 14.3 Å². The highest BCUT2D eigenvalue weighted by Gasteiger charge is 2.54. The molecule has 0 radical (unpaired) electrons. The summed E-state index contributed by atoms with van der Waals surface area (Å²) in [6.07, 6.45) is 2.27. The monoisotopic (exact) mass is 390 g/mol. The highest BCUT2D eigenvalue weighted by molar-refractivity contribution is 5.95. The van der Waals surface area contributed by atoms with Gasteiger partial charge in [0.05, 0.1) is 23.7 Å². The van der Waals surface area contributed by atoms with Crippen molar-refractivity contribution in [1.82, 2.24) is 9.88 Å². The number of pyridine rings is 1. The van der Waals surface area contributed by atoms with Crippen LogP contribution in [0.3, 0.4) is 0 Å². The quantitative estimate of drug-likeness (QED) is 0.778. The van der Waals surface area contributed by atoms with Crippen molar-refractivity contribution in [2.24, 2.45) is 5.41 Å². The number of amides is 1. The Morgan fingerprint density at radius 3 is 2.79 bits per heavy atom. The van der Waals surface area contributed by atoms with Crippen molar-refractivity contribution in [3.63, 3.8) is 0 Å². The van der Waals surface area contributed by atoms with Crippen LogP contribution in [0.1, 0.15) is 25.3 Å². The Morgan fingerprint density at radius 2 is 2.07 bits per heavy atom. The number of aromatic nitrogens is 1. The van der Waals surface area contributed by atoms with Crippen LogP contribution in [0.2, 0.25) is 0 Å². The maximum absolute atomic E-state index is 13.0. The maximum Gasteiger partial charge on any atom is 0.253 e. The molecule has 3 fully saturated rings. The Labute approximate surface area is 168 Å². The summed E-state index contributed by atoms with van der Waals surface area (Å²) in [5, 5.41) is 10.3. The first-order chi connectivity index (χ1) is 14.0. The van der Waals surface area contributed by atoms with Crippen LogP contribution < -0.4 is 4.90 Å². The van der Waals surface area contributed by atoms with E-state index in [9.17, 15) is 14.9 Å². The number of ether oxygens (including phenoxy) is 1. The van der Waals surface area contributed by atoms with Crippen molar-refractivity contribution in [3.05, 3.63) is 36.0 Å². The van der Waals surface area contributed by atoms with E-state index in [2.05, 4.69) is 16.0 Å². The fraction of sp³-hybridized carbons (Fsp3) is 0.455. The van der Waals surface area contributed by atoms with Gasteiger partial charge in [0, 0.05) is 55.2 Å². The van der Waals surface area contributed by atoms with Crippen LogP contribution >= 0.6 is 0 Å². The zero-order chi connectivity index (χ0) is 20.2. The smallest absolute Gasteiger partial charge is 0.253 e. The molecule has 0 N–H and O–H groups in total. The number of fused-ring (bicyclic) bond motifs is 1. The van der Waals surface area contributed by atoms with Gasteiger partial charge in [-0.1, -0.05) is 0 Å². The van der Waals surface area contributed by atoms with Crippen molar-refractivity contribution >= 4 is 28.3 Å². The number of carbonyl (C=O) groups is 2. The van der Waals surface area contributed by atoms with Gasteiger partial charge in [0.15, 0.2) is 6.10 Å². The van der Waals surface area contributed by atoms with Crippen LogP contribution in [-0.4, -0.2) is 60.0 Å². The molecule has 148 valence electrons. The summed E-state index contributed by atoms with van der Waals surface area (Å²) < 4.78 is 5.99. The second-order valence-electron chi connectivity index (χ2n) is 8.57. The predicted octanol–water partition coefficient (Wildman–Crippen LogP) is 1.89. The molecule has 3 aliphatic rings. The Hall–Kier alpha value is -2.98. The van der Waals surface area contributed by atoms with E-state index in [0.717, 1.165) is 11.1 Å². The van der Waals surface area contributed by atoms with Crippen LogP contribution in [0.4, 0.5) is 5.69 Å². The third-order valence-electron chi connectivity index (χ3n) is 6.25. The zero-order valence-corrected chi connectivity index (χ0v) is 16.3. The topological polar surface area (TPSA) is 86.5 Å². The first-order valence-electron chi connectivity index (χ1n) is 9.97. The third-order valence-corrected chi connectivity index (χ3v) is 6.25. The van der Waals surface area contributed by atoms with E-state index in [4.69, 9.17) is 4.74 Å². The van der Waals surface area contributed by atoms with Gasteiger partial charge in [-0.3, -0.25) is 14.6 Å². The van der Waals surface area contributed by atoms with E-state index in [-0.39, 0.29) is 17.4 Å². The summed E-state index contributed by atoms with van der Waals surface area (Å²) in [5.41, 5.74) is 2.22. The molecule has 3 heterocycles. The Bertz CT molecular complexity index is 1040. The Morgan fingerprint density at radius 1 is 1.28 bits per heavy atom. The second-order valence-corrected chi connectivity index (χ2v) is 8.57. The lowest BCUT2D eigenvalue weighted by molar-refractivity contribution is -0.170. The molecule has 1 aromatic heterocycles. The molecule has 1 amide bonds. The number of nitrogens with zero attached hydrogens (tertiary/aromatic N) is 4. The van der Waals surface area contributed by atoms with Crippen LogP contribution in [0, 0.1) is 16.7 Å². The molecule has 29 heavy (non-hydrogen) atoms. The number of carbonyl (C=O) groups excluding carboxylic acids is 2. The van der Waals surface area contributed by atoms with E-state index in [0.29, 0.717) is 55.9 Å². The number of morpholine rings is 1. The molecule has 0 bridgehead atoms. The van der Waals surface area contributed by atoms with Gasteiger partial charge in [-0.2, -0.15) is 5.26 Å².